The minimum atomic E-state index is 0.720. The fraction of sp³-hybridized carbons (Fsp3) is 0.333. The van der Waals surface area contributed by atoms with Gasteiger partial charge in [0.1, 0.15) is 12.1 Å². The van der Waals surface area contributed by atoms with Gasteiger partial charge in [-0.2, -0.15) is 0 Å². The maximum absolute atomic E-state index is 6.26. The summed E-state index contributed by atoms with van der Waals surface area (Å²) in [6, 6.07) is 7.78. The minimum absolute atomic E-state index is 0.720. The molecular formula is C15H18ClN3. The average Bonchev–Trinajstić information content (AvgIpc) is 2.45. The van der Waals surface area contributed by atoms with Gasteiger partial charge in [-0.15, -0.1) is 0 Å². The highest BCUT2D eigenvalue weighted by atomic mass is 35.5. The molecule has 0 saturated carbocycles. The van der Waals surface area contributed by atoms with E-state index in [9.17, 15) is 0 Å². The molecule has 1 aromatic carbocycles. The maximum Gasteiger partial charge on any atom is 0.133 e. The summed E-state index contributed by atoms with van der Waals surface area (Å²) in [5, 5.41) is 4.07. The summed E-state index contributed by atoms with van der Waals surface area (Å²) in [6.07, 6.45) is 3.53. The van der Waals surface area contributed by atoms with Gasteiger partial charge in [-0.3, -0.25) is 0 Å². The molecule has 1 aromatic heterocycles. The van der Waals surface area contributed by atoms with Crippen molar-refractivity contribution in [2.24, 2.45) is 0 Å². The summed E-state index contributed by atoms with van der Waals surface area (Å²) in [4.78, 5) is 8.75. The first-order valence-electron chi connectivity index (χ1n) is 6.60. The molecule has 3 nitrogen and oxygen atoms in total. The lowest BCUT2D eigenvalue weighted by molar-refractivity contribution is 0.949. The van der Waals surface area contributed by atoms with E-state index in [-0.39, 0.29) is 0 Å². The summed E-state index contributed by atoms with van der Waals surface area (Å²) >= 11 is 6.26. The van der Waals surface area contributed by atoms with E-state index in [4.69, 9.17) is 11.6 Å². The lowest BCUT2D eigenvalue weighted by Gasteiger charge is -2.13. The largest absolute Gasteiger partial charge is 0.370 e. The SMILES string of the molecule is CCCNc1ncnc(-c2ccccc2Cl)c1CC. The molecule has 0 aliphatic carbocycles. The standard InChI is InChI=1S/C15H18ClN3/c1-3-9-17-15-11(4-2)14(18-10-19-15)12-7-5-6-8-13(12)16/h5-8,10H,3-4,9H2,1-2H3,(H,17,18,19). The predicted octanol–water partition coefficient (Wildman–Crippen LogP) is 4.18. The molecule has 0 fully saturated rings. The number of hydrogen-bond donors (Lipinski definition) is 1. The second-order valence-electron chi connectivity index (χ2n) is 4.31. The molecule has 2 aromatic rings. The number of benzene rings is 1. The van der Waals surface area contributed by atoms with Gasteiger partial charge >= 0.3 is 0 Å². The fourth-order valence-corrected chi connectivity index (χ4v) is 2.25. The maximum atomic E-state index is 6.26. The molecule has 1 heterocycles. The Morgan fingerprint density at radius 3 is 2.63 bits per heavy atom. The molecular weight excluding hydrogens is 258 g/mol. The van der Waals surface area contributed by atoms with E-state index < -0.39 is 0 Å². The Kier molecular flexibility index (Phi) is 4.74. The zero-order valence-electron chi connectivity index (χ0n) is 11.3. The third kappa shape index (κ3) is 3.04. The number of aromatic nitrogens is 2. The van der Waals surface area contributed by atoms with Crippen LogP contribution in [0.2, 0.25) is 5.02 Å². The summed E-state index contributed by atoms with van der Waals surface area (Å²) < 4.78 is 0. The van der Waals surface area contributed by atoms with E-state index in [2.05, 4.69) is 29.1 Å². The molecule has 4 heteroatoms. The molecule has 1 N–H and O–H groups in total. The third-order valence-electron chi connectivity index (χ3n) is 2.97. The van der Waals surface area contributed by atoms with Crippen LogP contribution in [0.15, 0.2) is 30.6 Å². The van der Waals surface area contributed by atoms with Crippen molar-refractivity contribution >= 4 is 17.4 Å². The topological polar surface area (TPSA) is 37.8 Å². The van der Waals surface area contributed by atoms with E-state index >= 15 is 0 Å². The van der Waals surface area contributed by atoms with Crippen molar-refractivity contribution in [2.75, 3.05) is 11.9 Å². The first-order valence-corrected chi connectivity index (χ1v) is 6.98. The second-order valence-corrected chi connectivity index (χ2v) is 4.72. The molecule has 2 rings (SSSR count). The number of rotatable bonds is 5. The van der Waals surface area contributed by atoms with E-state index in [1.54, 1.807) is 6.33 Å². The molecule has 0 saturated heterocycles. The molecule has 19 heavy (non-hydrogen) atoms. The Balaban J connectivity index is 2.49. The summed E-state index contributed by atoms with van der Waals surface area (Å²) in [5.41, 5.74) is 2.99. The number of nitrogens with zero attached hydrogens (tertiary/aromatic N) is 2. The lowest BCUT2D eigenvalue weighted by atomic mass is 10.0. The highest BCUT2D eigenvalue weighted by Crippen LogP contribution is 2.31. The minimum Gasteiger partial charge on any atom is -0.370 e. The van der Waals surface area contributed by atoms with Gasteiger partial charge in [0, 0.05) is 22.7 Å². The van der Waals surface area contributed by atoms with Crippen LogP contribution < -0.4 is 5.32 Å². The Morgan fingerprint density at radius 2 is 1.95 bits per heavy atom. The Bertz CT molecular complexity index is 555. The van der Waals surface area contributed by atoms with Gasteiger partial charge in [-0.1, -0.05) is 43.6 Å². The van der Waals surface area contributed by atoms with Crippen molar-refractivity contribution in [3.8, 4) is 11.3 Å². The number of nitrogens with one attached hydrogen (secondary N) is 1. The molecule has 0 spiro atoms. The van der Waals surface area contributed by atoms with Gasteiger partial charge in [0.05, 0.1) is 5.69 Å². The van der Waals surface area contributed by atoms with Crippen LogP contribution in [0.5, 0.6) is 0 Å². The molecule has 100 valence electrons. The Hall–Kier alpha value is -1.61. The number of anilines is 1. The van der Waals surface area contributed by atoms with Crippen molar-refractivity contribution in [1.29, 1.82) is 0 Å². The van der Waals surface area contributed by atoms with E-state index in [0.717, 1.165) is 47.0 Å². The van der Waals surface area contributed by atoms with Gasteiger partial charge in [0.25, 0.3) is 0 Å². The molecule has 0 atom stereocenters. The molecule has 0 aliphatic rings. The van der Waals surface area contributed by atoms with Gasteiger partial charge in [0.15, 0.2) is 0 Å². The van der Waals surface area contributed by atoms with Crippen molar-refractivity contribution < 1.29 is 0 Å². The third-order valence-corrected chi connectivity index (χ3v) is 3.30. The van der Waals surface area contributed by atoms with Gasteiger partial charge in [0.2, 0.25) is 0 Å². The molecule has 0 unspecified atom stereocenters. The van der Waals surface area contributed by atoms with Gasteiger partial charge in [-0.05, 0) is 18.9 Å². The summed E-state index contributed by atoms with van der Waals surface area (Å²) in [5.74, 6) is 0.911. The summed E-state index contributed by atoms with van der Waals surface area (Å²) in [6.45, 7) is 5.15. The van der Waals surface area contributed by atoms with Crippen molar-refractivity contribution in [3.05, 3.63) is 41.2 Å². The molecule has 0 amide bonds. The highest BCUT2D eigenvalue weighted by Gasteiger charge is 2.13. The number of halogens is 1. The van der Waals surface area contributed by atoms with Crippen molar-refractivity contribution in [1.82, 2.24) is 9.97 Å². The molecule has 0 bridgehead atoms. The van der Waals surface area contributed by atoms with E-state index in [0.29, 0.717) is 0 Å². The highest BCUT2D eigenvalue weighted by molar-refractivity contribution is 6.33. The molecule has 0 radical (unpaired) electrons. The van der Waals surface area contributed by atoms with Crippen LogP contribution in [0.1, 0.15) is 25.8 Å². The Labute approximate surface area is 119 Å². The fourth-order valence-electron chi connectivity index (χ4n) is 2.03. The first kappa shape index (κ1) is 13.8. The predicted molar refractivity (Wildman–Crippen MR) is 80.6 cm³/mol. The van der Waals surface area contributed by atoms with Crippen LogP contribution in [0, 0.1) is 0 Å². The smallest absolute Gasteiger partial charge is 0.133 e. The van der Waals surface area contributed by atoms with Crippen LogP contribution in [0.25, 0.3) is 11.3 Å². The molecule has 0 aliphatic heterocycles. The van der Waals surface area contributed by atoms with Crippen LogP contribution in [0.3, 0.4) is 0 Å². The van der Waals surface area contributed by atoms with Crippen LogP contribution in [-0.4, -0.2) is 16.5 Å². The lowest BCUT2D eigenvalue weighted by Crippen LogP contribution is -2.07. The Morgan fingerprint density at radius 1 is 1.16 bits per heavy atom. The normalized spacial score (nSPS) is 10.5. The first-order chi connectivity index (χ1) is 9.27. The van der Waals surface area contributed by atoms with Gasteiger partial charge in [-0.25, -0.2) is 9.97 Å². The van der Waals surface area contributed by atoms with E-state index in [1.807, 2.05) is 24.3 Å². The van der Waals surface area contributed by atoms with Crippen LogP contribution >= 0.6 is 11.6 Å². The van der Waals surface area contributed by atoms with Crippen LogP contribution in [0.4, 0.5) is 5.82 Å². The second kappa shape index (κ2) is 6.53. The zero-order chi connectivity index (χ0) is 13.7. The zero-order valence-corrected chi connectivity index (χ0v) is 12.0. The number of hydrogen-bond acceptors (Lipinski definition) is 3. The van der Waals surface area contributed by atoms with Crippen molar-refractivity contribution in [2.45, 2.75) is 26.7 Å². The average molecular weight is 276 g/mol. The summed E-state index contributed by atoms with van der Waals surface area (Å²) in [7, 11) is 0. The van der Waals surface area contributed by atoms with Gasteiger partial charge < -0.3 is 5.32 Å². The monoisotopic (exact) mass is 275 g/mol. The quantitative estimate of drug-likeness (QED) is 0.889. The van der Waals surface area contributed by atoms with Crippen LogP contribution in [-0.2, 0) is 6.42 Å². The van der Waals surface area contributed by atoms with E-state index in [1.165, 1.54) is 0 Å². The van der Waals surface area contributed by atoms with Crippen molar-refractivity contribution in [3.63, 3.8) is 0 Å².